The van der Waals surface area contributed by atoms with Crippen molar-refractivity contribution in [3.8, 4) is 5.75 Å². The van der Waals surface area contributed by atoms with E-state index in [0.717, 1.165) is 10.4 Å². The fourth-order valence-electron chi connectivity index (χ4n) is 1.90. The number of aromatic carboxylic acids is 1. The maximum Gasteiger partial charge on any atom is 0.338 e. The summed E-state index contributed by atoms with van der Waals surface area (Å²) in [5, 5.41) is 12.1. The minimum atomic E-state index is -1.05. The second-order valence-corrected chi connectivity index (χ2v) is 5.74. The van der Waals surface area contributed by atoms with Gasteiger partial charge in [-0.25, -0.2) is 4.79 Å². The average Bonchev–Trinajstić information content (AvgIpc) is 2.79. The van der Waals surface area contributed by atoms with Crippen molar-refractivity contribution in [1.82, 2.24) is 0 Å². The highest BCUT2D eigenvalue weighted by Gasteiger charge is 2.16. The molecule has 2 N–H and O–H groups in total. The van der Waals surface area contributed by atoms with E-state index in [1.807, 2.05) is 6.07 Å². The number of ether oxygens (including phenoxy) is 1. The lowest BCUT2D eigenvalue weighted by Crippen LogP contribution is -2.15. The van der Waals surface area contributed by atoms with E-state index in [1.165, 1.54) is 11.3 Å². The number of methoxy groups -OCH3 is 1. The quantitative estimate of drug-likeness (QED) is 0.890. The summed E-state index contributed by atoms with van der Waals surface area (Å²) in [5.41, 5.74) is 0.925. The molecule has 21 heavy (non-hydrogen) atoms. The second kappa shape index (κ2) is 6.41. The van der Waals surface area contributed by atoms with Gasteiger partial charge in [0.2, 0.25) is 5.91 Å². The SMILES string of the molecule is COc1cccc(CC(=O)Nc2sc(C)cc2C(=O)O)c1. The van der Waals surface area contributed by atoms with Gasteiger partial charge in [0.15, 0.2) is 0 Å². The van der Waals surface area contributed by atoms with Gasteiger partial charge in [-0.05, 0) is 30.7 Å². The Morgan fingerprint density at radius 3 is 2.76 bits per heavy atom. The van der Waals surface area contributed by atoms with Gasteiger partial charge >= 0.3 is 5.97 Å². The molecule has 1 aromatic carbocycles. The molecule has 1 amide bonds. The van der Waals surface area contributed by atoms with Crippen LogP contribution in [0.25, 0.3) is 0 Å². The molecule has 0 unspecified atom stereocenters. The smallest absolute Gasteiger partial charge is 0.338 e. The molecule has 110 valence electrons. The Morgan fingerprint density at radius 2 is 2.10 bits per heavy atom. The van der Waals surface area contributed by atoms with E-state index in [4.69, 9.17) is 9.84 Å². The zero-order valence-corrected chi connectivity index (χ0v) is 12.5. The maximum absolute atomic E-state index is 12.0. The van der Waals surface area contributed by atoms with Crippen LogP contribution >= 0.6 is 11.3 Å². The largest absolute Gasteiger partial charge is 0.497 e. The first-order valence-electron chi connectivity index (χ1n) is 6.26. The van der Waals surface area contributed by atoms with Crippen molar-refractivity contribution in [2.75, 3.05) is 12.4 Å². The van der Waals surface area contributed by atoms with Crippen LogP contribution in [0.2, 0.25) is 0 Å². The van der Waals surface area contributed by atoms with Crippen molar-refractivity contribution in [2.45, 2.75) is 13.3 Å². The molecule has 0 fully saturated rings. The van der Waals surface area contributed by atoms with Crippen molar-refractivity contribution in [3.05, 3.63) is 46.3 Å². The Hall–Kier alpha value is -2.34. The molecule has 1 heterocycles. The van der Waals surface area contributed by atoms with E-state index in [2.05, 4.69) is 5.32 Å². The fraction of sp³-hybridized carbons (Fsp3) is 0.200. The Balaban J connectivity index is 2.09. The van der Waals surface area contributed by atoms with Crippen molar-refractivity contribution >= 4 is 28.2 Å². The number of carboxylic acid groups (broad SMARTS) is 1. The highest BCUT2D eigenvalue weighted by atomic mass is 32.1. The molecule has 0 spiro atoms. The number of carbonyl (C=O) groups excluding carboxylic acids is 1. The molecule has 6 heteroatoms. The summed E-state index contributed by atoms with van der Waals surface area (Å²) in [6.07, 6.45) is 0.160. The number of hydrogen-bond donors (Lipinski definition) is 2. The van der Waals surface area contributed by atoms with E-state index >= 15 is 0 Å². The Morgan fingerprint density at radius 1 is 1.33 bits per heavy atom. The topological polar surface area (TPSA) is 75.6 Å². The first-order chi connectivity index (χ1) is 9.99. The van der Waals surface area contributed by atoms with Gasteiger partial charge in [-0.15, -0.1) is 11.3 Å². The van der Waals surface area contributed by atoms with Gasteiger partial charge in [-0.2, -0.15) is 0 Å². The van der Waals surface area contributed by atoms with Gasteiger partial charge in [-0.1, -0.05) is 12.1 Å². The van der Waals surface area contributed by atoms with Crippen molar-refractivity contribution in [3.63, 3.8) is 0 Å². The summed E-state index contributed by atoms with van der Waals surface area (Å²) < 4.78 is 5.10. The molecule has 0 aliphatic carbocycles. The van der Waals surface area contributed by atoms with Gasteiger partial charge in [0, 0.05) is 4.88 Å². The predicted octanol–water partition coefficient (Wildman–Crippen LogP) is 2.94. The number of carbonyl (C=O) groups is 2. The molecule has 0 aliphatic rings. The summed E-state index contributed by atoms with van der Waals surface area (Å²) >= 11 is 1.25. The highest BCUT2D eigenvalue weighted by Crippen LogP contribution is 2.27. The molecule has 5 nitrogen and oxygen atoms in total. The van der Waals surface area contributed by atoms with Crippen LogP contribution in [0.3, 0.4) is 0 Å². The van der Waals surface area contributed by atoms with E-state index in [0.29, 0.717) is 10.8 Å². The Labute approximate surface area is 126 Å². The minimum Gasteiger partial charge on any atom is -0.497 e. The monoisotopic (exact) mass is 305 g/mol. The van der Waals surface area contributed by atoms with E-state index < -0.39 is 5.97 Å². The third kappa shape index (κ3) is 3.82. The second-order valence-electron chi connectivity index (χ2n) is 4.48. The van der Waals surface area contributed by atoms with E-state index in [-0.39, 0.29) is 17.9 Å². The number of benzene rings is 1. The van der Waals surface area contributed by atoms with Gasteiger partial charge in [0.25, 0.3) is 0 Å². The number of hydrogen-bond acceptors (Lipinski definition) is 4. The van der Waals surface area contributed by atoms with E-state index in [1.54, 1.807) is 38.3 Å². The van der Waals surface area contributed by atoms with Crippen molar-refractivity contribution < 1.29 is 19.4 Å². The number of carboxylic acids is 1. The van der Waals surface area contributed by atoms with Crippen LogP contribution in [-0.2, 0) is 11.2 Å². The standard InChI is InChI=1S/C15H15NO4S/c1-9-6-12(15(18)19)14(21-9)16-13(17)8-10-4-3-5-11(7-10)20-2/h3-7H,8H2,1-2H3,(H,16,17)(H,18,19). The summed E-state index contributed by atoms with van der Waals surface area (Å²) in [6, 6.07) is 8.75. The summed E-state index contributed by atoms with van der Waals surface area (Å²) in [6.45, 7) is 1.80. The lowest BCUT2D eigenvalue weighted by molar-refractivity contribution is -0.115. The Kier molecular flexibility index (Phi) is 4.59. The van der Waals surface area contributed by atoms with Crippen LogP contribution < -0.4 is 10.1 Å². The molecule has 0 aliphatic heterocycles. The molecule has 2 aromatic rings. The van der Waals surface area contributed by atoms with Gasteiger partial charge in [0.05, 0.1) is 19.1 Å². The third-order valence-electron chi connectivity index (χ3n) is 2.84. The van der Waals surface area contributed by atoms with Crippen LogP contribution in [0, 0.1) is 6.92 Å². The zero-order valence-electron chi connectivity index (χ0n) is 11.7. The number of anilines is 1. The van der Waals surface area contributed by atoms with Gasteiger partial charge < -0.3 is 15.2 Å². The molecule has 0 saturated heterocycles. The number of amides is 1. The summed E-state index contributed by atoms with van der Waals surface area (Å²) in [4.78, 5) is 24.0. The number of rotatable bonds is 5. The van der Waals surface area contributed by atoms with Crippen LogP contribution in [0.4, 0.5) is 5.00 Å². The first kappa shape index (κ1) is 15.1. The molecule has 0 bridgehead atoms. The predicted molar refractivity (Wildman–Crippen MR) is 81.3 cm³/mol. The normalized spacial score (nSPS) is 10.2. The Bertz CT molecular complexity index is 678. The molecule has 2 rings (SSSR count). The number of nitrogens with one attached hydrogen (secondary N) is 1. The molecular weight excluding hydrogens is 290 g/mol. The lowest BCUT2D eigenvalue weighted by Gasteiger charge is -2.06. The van der Waals surface area contributed by atoms with Crippen LogP contribution in [0.15, 0.2) is 30.3 Å². The summed E-state index contributed by atoms with van der Waals surface area (Å²) in [5.74, 6) is -0.623. The molecular formula is C15H15NO4S. The van der Waals surface area contributed by atoms with Crippen molar-refractivity contribution in [1.29, 1.82) is 0 Å². The molecule has 0 radical (unpaired) electrons. The summed E-state index contributed by atoms with van der Waals surface area (Å²) in [7, 11) is 1.56. The van der Waals surface area contributed by atoms with Crippen molar-refractivity contribution in [2.24, 2.45) is 0 Å². The fourth-order valence-corrected chi connectivity index (χ4v) is 2.82. The van der Waals surface area contributed by atoms with Crippen LogP contribution in [0.1, 0.15) is 20.8 Å². The average molecular weight is 305 g/mol. The molecule has 1 aromatic heterocycles. The molecule has 0 atom stereocenters. The maximum atomic E-state index is 12.0. The zero-order chi connectivity index (χ0) is 15.4. The molecule has 0 saturated carbocycles. The number of thiophene rings is 1. The van der Waals surface area contributed by atoms with Gasteiger partial charge in [0.1, 0.15) is 10.8 Å². The van der Waals surface area contributed by atoms with Gasteiger partial charge in [-0.3, -0.25) is 4.79 Å². The van der Waals surface area contributed by atoms with Crippen LogP contribution in [0.5, 0.6) is 5.75 Å². The highest BCUT2D eigenvalue weighted by molar-refractivity contribution is 7.16. The third-order valence-corrected chi connectivity index (χ3v) is 3.80. The minimum absolute atomic E-state index is 0.122. The number of aryl methyl sites for hydroxylation is 1. The van der Waals surface area contributed by atoms with E-state index in [9.17, 15) is 9.59 Å². The van der Waals surface area contributed by atoms with Crippen LogP contribution in [-0.4, -0.2) is 24.1 Å². The lowest BCUT2D eigenvalue weighted by atomic mass is 10.1. The first-order valence-corrected chi connectivity index (χ1v) is 7.07.